The molecule has 6 nitrogen and oxygen atoms in total. The zero-order valence-electron chi connectivity index (χ0n) is 22.0. The average molecular weight is 519 g/mol. The molecule has 2 N–H and O–H groups in total. The molecule has 0 atom stereocenters. The summed E-state index contributed by atoms with van der Waals surface area (Å²) in [6.45, 7) is 9.31. The van der Waals surface area contributed by atoms with Crippen molar-refractivity contribution in [3.05, 3.63) is 96.7 Å². The lowest BCUT2D eigenvalue weighted by atomic mass is 10.0. The van der Waals surface area contributed by atoms with Crippen LogP contribution in [0.25, 0.3) is 50.0 Å². The van der Waals surface area contributed by atoms with Gasteiger partial charge in [-0.1, -0.05) is 43.4 Å². The molecular weight excluding hydrogens is 487 g/mol. The Morgan fingerprint density at radius 3 is 2.74 bits per heavy atom. The van der Waals surface area contributed by atoms with Crippen LogP contribution in [-0.4, -0.2) is 49.7 Å². The van der Waals surface area contributed by atoms with Crippen LogP contribution < -0.4 is 0 Å². The van der Waals surface area contributed by atoms with Gasteiger partial charge in [0.25, 0.3) is 0 Å². The Morgan fingerprint density at radius 2 is 1.95 bits per heavy atom. The molecule has 0 spiro atoms. The normalized spacial score (nSPS) is 15.3. The summed E-state index contributed by atoms with van der Waals surface area (Å²) >= 11 is 0. The molecule has 0 aliphatic carbocycles. The quantitative estimate of drug-likeness (QED) is 0.222. The van der Waals surface area contributed by atoms with E-state index in [0.717, 1.165) is 69.6 Å². The van der Waals surface area contributed by atoms with Crippen LogP contribution in [0.15, 0.2) is 85.4 Å². The molecule has 0 saturated carbocycles. The van der Waals surface area contributed by atoms with E-state index in [4.69, 9.17) is 0 Å². The summed E-state index contributed by atoms with van der Waals surface area (Å²) in [5, 5.41) is 9.51. The molecule has 5 aromatic rings. The van der Waals surface area contributed by atoms with Gasteiger partial charge in [0.2, 0.25) is 0 Å². The molecule has 0 bridgehead atoms. The molecule has 1 aromatic carbocycles. The van der Waals surface area contributed by atoms with Crippen molar-refractivity contribution in [3.8, 4) is 22.5 Å². The van der Waals surface area contributed by atoms with E-state index < -0.39 is 0 Å². The largest absolute Gasteiger partial charge is 0.352 e. The number of benzene rings is 1. The van der Waals surface area contributed by atoms with E-state index in [1.54, 1.807) is 18.5 Å². The van der Waals surface area contributed by atoms with Crippen molar-refractivity contribution in [1.82, 2.24) is 30.0 Å². The van der Waals surface area contributed by atoms with E-state index in [1.807, 2.05) is 25.3 Å². The fourth-order valence-electron chi connectivity index (χ4n) is 5.41. The van der Waals surface area contributed by atoms with Crippen molar-refractivity contribution in [2.75, 3.05) is 19.6 Å². The van der Waals surface area contributed by atoms with Gasteiger partial charge in [0.1, 0.15) is 5.82 Å². The first-order valence-corrected chi connectivity index (χ1v) is 13.4. The molecule has 6 rings (SSSR count). The van der Waals surface area contributed by atoms with E-state index in [1.165, 1.54) is 37.0 Å². The molecule has 196 valence electrons. The number of likely N-dealkylation sites (tertiary alicyclic amines) is 1. The molecular formula is C32H31FN6. The summed E-state index contributed by atoms with van der Waals surface area (Å²) < 4.78 is 13.9. The first-order chi connectivity index (χ1) is 19.1. The lowest BCUT2D eigenvalue weighted by Gasteiger charge is -2.26. The third kappa shape index (κ3) is 5.05. The first-order valence-electron chi connectivity index (χ1n) is 13.4. The van der Waals surface area contributed by atoms with Gasteiger partial charge in [0, 0.05) is 40.8 Å². The highest BCUT2D eigenvalue weighted by Gasteiger charge is 2.16. The predicted molar refractivity (Wildman–Crippen MR) is 157 cm³/mol. The topological polar surface area (TPSA) is 73.5 Å². The number of halogens is 1. The van der Waals surface area contributed by atoms with Gasteiger partial charge < -0.3 is 4.98 Å². The molecule has 5 heterocycles. The lowest BCUT2D eigenvalue weighted by Crippen LogP contribution is -2.31. The van der Waals surface area contributed by atoms with Crippen LogP contribution in [0.2, 0.25) is 0 Å². The monoisotopic (exact) mass is 518 g/mol. The molecule has 0 unspecified atom stereocenters. The van der Waals surface area contributed by atoms with Crippen LogP contribution in [0.5, 0.6) is 0 Å². The summed E-state index contributed by atoms with van der Waals surface area (Å²) in [5.74, 6) is -0.275. The van der Waals surface area contributed by atoms with E-state index in [9.17, 15) is 4.39 Å². The number of fused-ring (bicyclic) bond motifs is 2. The van der Waals surface area contributed by atoms with Crippen molar-refractivity contribution >= 4 is 27.5 Å². The number of H-pyrrole nitrogens is 2. The summed E-state index contributed by atoms with van der Waals surface area (Å²) in [6, 6.07) is 10.8. The van der Waals surface area contributed by atoms with Gasteiger partial charge in [-0.3, -0.25) is 15.0 Å². The minimum absolute atomic E-state index is 0.275. The Kier molecular flexibility index (Phi) is 6.90. The van der Waals surface area contributed by atoms with Gasteiger partial charge in [0.05, 0.1) is 23.1 Å². The molecule has 1 aliphatic rings. The molecule has 4 aromatic heterocycles. The maximum Gasteiger partial charge on any atom is 0.181 e. The van der Waals surface area contributed by atoms with E-state index >= 15 is 0 Å². The third-order valence-corrected chi connectivity index (χ3v) is 7.46. The van der Waals surface area contributed by atoms with E-state index in [2.05, 4.69) is 60.9 Å². The first kappa shape index (κ1) is 24.9. The second-order valence-corrected chi connectivity index (χ2v) is 10.0. The molecule has 1 fully saturated rings. The van der Waals surface area contributed by atoms with Crippen LogP contribution in [0.4, 0.5) is 4.39 Å². The Balaban J connectivity index is 1.37. The minimum atomic E-state index is -0.275. The highest BCUT2D eigenvalue weighted by Crippen LogP contribution is 2.34. The van der Waals surface area contributed by atoms with Crippen molar-refractivity contribution in [1.29, 1.82) is 0 Å². The number of hydrogen-bond donors (Lipinski definition) is 2. The van der Waals surface area contributed by atoms with Gasteiger partial charge >= 0.3 is 0 Å². The van der Waals surface area contributed by atoms with E-state index in [-0.39, 0.29) is 5.82 Å². The number of pyridine rings is 2. The maximum absolute atomic E-state index is 13.9. The SMILES string of the molecule is C=C/C(=C\C(=C/C)c1cnc2n[nH]c(-c3cc4c(-c5cccc(F)c5)cncc4[nH]3)c2c1)CN1CCCCC1. The summed E-state index contributed by atoms with van der Waals surface area (Å²) in [6.07, 6.45) is 15.6. The van der Waals surface area contributed by atoms with Gasteiger partial charge in [0.15, 0.2) is 5.65 Å². The van der Waals surface area contributed by atoms with Crippen LogP contribution in [0, 0.1) is 5.82 Å². The lowest BCUT2D eigenvalue weighted by molar-refractivity contribution is 0.248. The smallest absolute Gasteiger partial charge is 0.181 e. The summed E-state index contributed by atoms with van der Waals surface area (Å²) in [4.78, 5) is 15.0. The molecule has 1 saturated heterocycles. The Hall–Kier alpha value is -4.36. The van der Waals surface area contributed by atoms with Crippen molar-refractivity contribution in [3.63, 3.8) is 0 Å². The van der Waals surface area contributed by atoms with Gasteiger partial charge in [-0.25, -0.2) is 9.37 Å². The molecule has 1 aliphatic heterocycles. The number of nitrogens with zero attached hydrogens (tertiary/aromatic N) is 4. The van der Waals surface area contributed by atoms with Crippen LogP contribution >= 0.6 is 0 Å². The van der Waals surface area contributed by atoms with Crippen molar-refractivity contribution in [2.45, 2.75) is 26.2 Å². The number of piperidine rings is 1. The zero-order valence-corrected chi connectivity index (χ0v) is 22.0. The Labute approximate surface area is 227 Å². The van der Waals surface area contributed by atoms with Gasteiger partial charge in [-0.2, -0.15) is 5.10 Å². The number of allylic oxidation sites excluding steroid dienone is 3. The Bertz CT molecular complexity index is 1720. The number of nitrogens with one attached hydrogen (secondary N) is 2. The van der Waals surface area contributed by atoms with Crippen molar-refractivity contribution < 1.29 is 4.39 Å². The third-order valence-electron chi connectivity index (χ3n) is 7.46. The summed E-state index contributed by atoms with van der Waals surface area (Å²) in [7, 11) is 0. The molecule has 39 heavy (non-hydrogen) atoms. The minimum Gasteiger partial charge on any atom is -0.352 e. The second kappa shape index (κ2) is 10.8. The highest BCUT2D eigenvalue weighted by atomic mass is 19.1. The number of aromatic amines is 2. The standard InChI is InChI=1S/C32H31FN6/c1-3-21(20-39-11-6-5-7-12-39)13-22(4-2)24-15-27-31(37-38-32(27)35-17-24)29-16-26-28(18-34-19-30(26)36-29)23-9-8-10-25(33)14-23/h3-4,8-10,13-19,36H,1,5-7,11-12,20H2,2H3,(H,35,37,38)/b21-13+,22-4+. The highest BCUT2D eigenvalue weighted by molar-refractivity contribution is 6.00. The zero-order chi connectivity index (χ0) is 26.8. The maximum atomic E-state index is 13.9. The average Bonchev–Trinajstić information content (AvgIpc) is 3.59. The number of aromatic nitrogens is 5. The summed E-state index contributed by atoms with van der Waals surface area (Å²) in [5.41, 5.74) is 8.18. The molecule has 7 heteroatoms. The predicted octanol–water partition coefficient (Wildman–Crippen LogP) is 7.31. The fourth-order valence-corrected chi connectivity index (χ4v) is 5.41. The van der Waals surface area contributed by atoms with Gasteiger partial charge in [-0.15, -0.1) is 0 Å². The number of hydrogen-bond acceptors (Lipinski definition) is 4. The van der Waals surface area contributed by atoms with Crippen molar-refractivity contribution in [2.24, 2.45) is 0 Å². The van der Waals surface area contributed by atoms with Crippen LogP contribution in [0.3, 0.4) is 0 Å². The number of rotatable bonds is 7. The molecule has 0 radical (unpaired) electrons. The molecule has 0 amide bonds. The van der Waals surface area contributed by atoms with E-state index in [0.29, 0.717) is 5.65 Å². The Morgan fingerprint density at radius 1 is 1.08 bits per heavy atom. The second-order valence-electron chi connectivity index (χ2n) is 10.0. The van der Waals surface area contributed by atoms with Crippen LogP contribution in [-0.2, 0) is 0 Å². The van der Waals surface area contributed by atoms with Gasteiger partial charge in [-0.05, 0) is 73.8 Å². The fraction of sp³-hybridized carbons (Fsp3) is 0.219. The van der Waals surface area contributed by atoms with Crippen LogP contribution in [0.1, 0.15) is 31.7 Å².